The Morgan fingerprint density at radius 1 is 1.32 bits per heavy atom. The summed E-state index contributed by atoms with van der Waals surface area (Å²) < 4.78 is 6.36. The maximum absolute atomic E-state index is 12.1. The molecule has 2 rings (SSSR count). The number of nitrogens with two attached hydrogens (primary N) is 1. The number of aliphatic imine (C=N–C) groups is 1. The van der Waals surface area contributed by atoms with E-state index in [0.29, 0.717) is 18.9 Å². The monoisotopic (exact) mass is 430 g/mol. The predicted octanol–water partition coefficient (Wildman–Crippen LogP) is 3.73. The number of halogens is 2. The summed E-state index contributed by atoms with van der Waals surface area (Å²) in [7, 11) is 0. The van der Waals surface area contributed by atoms with Crippen molar-refractivity contribution < 1.29 is 9.53 Å². The molecule has 8 heteroatoms. The molecule has 1 fully saturated rings. The molecule has 1 heterocycles. The number of anilines is 1. The number of carbonyl (C=O) groups is 1. The summed E-state index contributed by atoms with van der Waals surface area (Å²) in [5.74, 6) is 0.582. The van der Waals surface area contributed by atoms with Gasteiger partial charge >= 0.3 is 6.09 Å². The van der Waals surface area contributed by atoms with E-state index in [4.69, 9.17) is 22.1 Å². The fraction of sp³-hybridized carbons (Fsp3) is 0.529. The van der Waals surface area contributed by atoms with E-state index in [1.165, 1.54) is 0 Å². The number of hydrogen-bond acceptors (Lipinski definition) is 4. The number of alkyl halides is 1. The molecule has 0 aliphatic carbocycles. The maximum atomic E-state index is 12.1. The molecule has 2 N–H and O–H groups in total. The standard InChI is InChI=1S/C17H24BrClN4O2/c1-17(2,3)25-16(24)23-8-6-22(7-9-23)14-5-4-12(10-13(14)18)21-15(20)11-19/h4-5,10H,6-9,11H2,1-3H3,(H2,20,21). The lowest BCUT2D eigenvalue weighted by atomic mass is 10.2. The molecule has 1 aromatic carbocycles. The second kappa shape index (κ2) is 8.27. The Morgan fingerprint density at radius 3 is 2.48 bits per heavy atom. The molecule has 0 saturated carbocycles. The number of rotatable bonds is 3. The van der Waals surface area contributed by atoms with Gasteiger partial charge in [-0.1, -0.05) is 0 Å². The van der Waals surface area contributed by atoms with Crippen LogP contribution in [0.15, 0.2) is 27.7 Å². The molecule has 138 valence electrons. The summed E-state index contributed by atoms with van der Waals surface area (Å²) in [5.41, 5.74) is 7.01. The van der Waals surface area contributed by atoms with E-state index in [1.807, 2.05) is 39.0 Å². The van der Waals surface area contributed by atoms with Gasteiger partial charge in [0.25, 0.3) is 0 Å². The second-order valence-electron chi connectivity index (χ2n) is 6.83. The van der Waals surface area contributed by atoms with Crippen LogP contribution in [0, 0.1) is 0 Å². The molecule has 0 aromatic heterocycles. The Labute approximate surface area is 162 Å². The molecular weight excluding hydrogens is 408 g/mol. The summed E-state index contributed by atoms with van der Waals surface area (Å²) in [4.78, 5) is 20.3. The molecule has 25 heavy (non-hydrogen) atoms. The highest BCUT2D eigenvalue weighted by atomic mass is 79.9. The molecule has 1 amide bonds. The van der Waals surface area contributed by atoms with Crippen LogP contribution < -0.4 is 10.6 Å². The van der Waals surface area contributed by atoms with E-state index in [0.717, 1.165) is 28.9 Å². The number of amides is 1. The van der Waals surface area contributed by atoms with Crippen LogP contribution in [0.25, 0.3) is 0 Å². The van der Waals surface area contributed by atoms with E-state index in [2.05, 4.69) is 25.8 Å². The number of nitrogens with zero attached hydrogens (tertiary/aromatic N) is 3. The minimum absolute atomic E-state index is 0.200. The van der Waals surface area contributed by atoms with Crippen molar-refractivity contribution in [2.75, 3.05) is 37.0 Å². The molecule has 0 unspecified atom stereocenters. The zero-order valence-corrected chi connectivity index (χ0v) is 17.1. The van der Waals surface area contributed by atoms with Crippen molar-refractivity contribution in [3.05, 3.63) is 22.7 Å². The van der Waals surface area contributed by atoms with E-state index in [1.54, 1.807) is 4.90 Å². The third-order valence-corrected chi connectivity index (χ3v) is 4.52. The third-order valence-electron chi connectivity index (χ3n) is 3.61. The number of benzene rings is 1. The van der Waals surface area contributed by atoms with Crippen LogP contribution >= 0.6 is 27.5 Å². The van der Waals surface area contributed by atoms with Crippen LogP contribution in [0.4, 0.5) is 16.2 Å². The van der Waals surface area contributed by atoms with Gasteiger partial charge in [-0.2, -0.15) is 0 Å². The van der Waals surface area contributed by atoms with Gasteiger partial charge in [-0.25, -0.2) is 9.79 Å². The Balaban J connectivity index is 2.00. The Kier molecular flexibility index (Phi) is 6.57. The van der Waals surface area contributed by atoms with Crippen molar-refractivity contribution in [3.63, 3.8) is 0 Å². The van der Waals surface area contributed by atoms with Gasteiger partial charge in [0.2, 0.25) is 0 Å². The summed E-state index contributed by atoms with van der Waals surface area (Å²) in [5, 5.41) is 0. The SMILES string of the molecule is CC(C)(C)OC(=O)N1CCN(c2ccc(N=C(N)CCl)cc2Br)CC1. The fourth-order valence-electron chi connectivity index (χ4n) is 2.47. The first-order valence-corrected chi connectivity index (χ1v) is 9.44. The summed E-state index contributed by atoms with van der Waals surface area (Å²) in [6.07, 6.45) is -0.257. The molecular formula is C17H24BrClN4O2. The van der Waals surface area contributed by atoms with Gasteiger partial charge in [0.05, 0.1) is 17.3 Å². The van der Waals surface area contributed by atoms with Gasteiger partial charge in [0, 0.05) is 30.7 Å². The van der Waals surface area contributed by atoms with Crippen LogP contribution in [-0.2, 0) is 4.74 Å². The Bertz CT molecular complexity index is 653. The average Bonchev–Trinajstić information content (AvgIpc) is 2.53. The zero-order valence-electron chi connectivity index (χ0n) is 14.8. The van der Waals surface area contributed by atoms with Crippen LogP contribution in [0.2, 0.25) is 0 Å². The summed E-state index contributed by atoms with van der Waals surface area (Å²) >= 11 is 9.24. The minimum Gasteiger partial charge on any atom is -0.444 e. The third kappa shape index (κ3) is 5.78. The van der Waals surface area contributed by atoms with Gasteiger partial charge in [-0.15, -0.1) is 11.6 Å². The summed E-state index contributed by atoms with van der Waals surface area (Å²) in [6.45, 7) is 8.35. The molecule has 1 aliphatic rings. The molecule has 6 nitrogen and oxygen atoms in total. The van der Waals surface area contributed by atoms with Gasteiger partial charge in [0.15, 0.2) is 0 Å². The van der Waals surface area contributed by atoms with Gasteiger partial charge in [-0.05, 0) is 54.9 Å². The smallest absolute Gasteiger partial charge is 0.410 e. The van der Waals surface area contributed by atoms with Crippen LogP contribution in [0.1, 0.15) is 20.8 Å². The fourth-order valence-corrected chi connectivity index (χ4v) is 3.15. The molecule has 0 spiro atoms. The predicted molar refractivity (Wildman–Crippen MR) is 106 cm³/mol. The molecule has 0 radical (unpaired) electrons. The van der Waals surface area contributed by atoms with Gasteiger partial charge < -0.3 is 20.3 Å². The molecule has 1 aliphatic heterocycles. The van der Waals surface area contributed by atoms with Crippen molar-refractivity contribution in [3.8, 4) is 0 Å². The van der Waals surface area contributed by atoms with Gasteiger partial charge in [0.1, 0.15) is 11.4 Å². The number of ether oxygens (including phenoxy) is 1. The second-order valence-corrected chi connectivity index (χ2v) is 7.95. The number of amidine groups is 1. The number of carbonyl (C=O) groups excluding carboxylic acids is 1. The lowest BCUT2D eigenvalue weighted by molar-refractivity contribution is 0.0240. The van der Waals surface area contributed by atoms with Crippen molar-refractivity contribution in [1.82, 2.24) is 4.90 Å². The van der Waals surface area contributed by atoms with Crippen LogP contribution in [-0.4, -0.2) is 54.5 Å². The molecule has 1 aromatic rings. The number of hydrogen-bond donors (Lipinski definition) is 1. The Morgan fingerprint density at radius 2 is 1.96 bits per heavy atom. The van der Waals surface area contributed by atoms with E-state index >= 15 is 0 Å². The quantitative estimate of drug-likeness (QED) is 0.450. The first-order chi connectivity index (χ1) is 11.7. The van der Waals surface area contributed by atoms with Crippen molar-refractivity contribution in [1.29, 1.82) is 0 Å². The van der Waals surface area contributed by atoms with Gasteiger partial charge in [-0.3, -0.25) is 0 Å². The average molecular weight is 432 g/mol. The molecule has 0 atom stereocenters. The first-order valence-electron chi connectivity index (χ1n) is 8.11. The molecule has 1 saturated heterocycles. The Hall–Kier alpha value is -1.47. The van der Waals surface area contributed by atoms with Crippen molar-refractivity contribution in [2.24, 2.45) is 10.7 Å². The highest BCUT2D eigenvalue weighted by Gasteiger charge is 2.26. The maximum Gasteiger partial charge on any atom is 0.410 e. The van der Waals surface area contributed by atoms with E-state index < -0.39 is 5.60 Å². The summed E-state index contributed by atoms with van der Waals surface area (Å²) in [6, 6.07) is 5.81. The topological polar surface area (TPSA) is 71.2 Å². The highest BCUT2D eigenvalue weighted by Crippen LogP contribution is 2.31. The number of piperazine rings is 1. The zero-order chi connectivity index (χ0) is 18.6. The van der Waals surface area contributed by atoms with Crippen molar-refractivity contribution in [2.45, 2.75) is 26.4 Å². The normalized spacial score (nSPS) is 16.1. The van der Waals surface area contributed by atoms with Crippen LogP contribution in [0.3, 0.4) is 0 Å². The van der Waals surface area contributed by atoms with Crippen molar-refractivity contribution >= 4 is 50.8 Å². The highest BCUT2D eigenvalue weighted by molar-refractivity contribution is 9.10. The van der Waals surface area contributed by atoms with Crippen LogP contribution in [0.5, 0.6) is 0 Å². The van der Waals surface area contributed by atoms with E-state index in [9.17, 15) is 4.79 Å². The first kappa shape index (κ1) is 19.8. The lowest BCUT2D eigenvalue weighted by Crippen LogP contribution is -2.50. The lowest BCUT2D eigenvalue weighted by Gasteiger charge is -2.37. The van der Waals surface area contributed by atoms with E-state index in [-0.39, 0.29) is 12.0 Å². The minimum atomic E-state index is -0.474. The largest absolute Gasteiger partial charge is 0.444 e. The molecule has 0 bridgehead atoms.